The normalized spacial score (nSPS) is 17.2. The summed E-state index contributed by atoms with van der Waals surface area (Å²) in [6.07, 6.45) is 1.00. The SMILES string of the molecule is CC(NC(=O)N1CCC(C(=O)O)CC1)c1cc2ccccc2o1. The number of urea groups is 1. The van der Waals surface area contributed by atoms with E-state index in [-0.39, 0.29) is 18.0 Å². The average Bonchev–Trinajstić information content (AvgIpc) is 2.99. The highest BCUT2D eigenvalue weighted by molar-refractivity contribution is 5.79. The summed E-state index contributed by atoms with van der Waals surface area (Å²) in [4.78, 5) is 24.9. The van der Waals surface area contributed by atoms with E-state index in [0.717, 1.165) is 11.0 Å². The first kappa shape index (κ1) is 15.4. The second-order valence-corrected chi connectivity index (χ2v) is 5.96. The first-order valence-corrected chi connectivity index (χ1v) is 7.81. The van der Waals surface area contributed by atoms with Crippen molar-refractivity contribution in [1.82, 2.24) is 10.2 Å². The molecule has 23 heavy (non-hydrogen) atoms. The van der Waals surface area contributed by atoms with Gasteiger partial charge >= 0.3 is 12.0 Å². The fourth-order valence-electron chi connectivity index (χ4n) is 2.89. The van der Waals surface area contributed by atoms with Crippen LogP contribution in [0.2, 0.25) is 0 Å². The molecule has 1 fully saturated rings. The number of carbonyl (C=O) groups excluding carboxylic acids is 1. The Morgan fingerprint density at radius 2 is 2.00 bits per heavy atom. The monoisotopic (exact) mass is 316 g/mol. The molecule has 6 nitrogen and oxygen atoms in total. The van der Waals surface area contributed by atoms with Gasteiger partial charge in [-0.1, -0.05) is 18.2 Å². The lowest BCUT2D eigenvalue weighted by Crippen LogP contribution is -2.46. The standard InChI is InChI=1S/C17H20N2O4/c1-11(15-10-13-4-2-3-5-14(13)23-15)18-17(22)19-8-6-12(7-9-19)16(20)21/h2-5,10-12H,6-9H2,1H3,(H,18,22)(H,20,21). The van der Waals surface area contributed by atoms with Gasteiger partial charge in [0.05, 0.1) is 12.0 Å². The maximum Gasteiger partial charge on any atom is 0.317 e. The molecule has 122 valence electrons. The van der Waals surface area contributed by atoms with Gasteiger partial charge in [0.25, 0.3) is 0 Å². The Morgan fingerprint density at radius 1 is 1.30 bits per heavy atom. The minimum atomic E-state index is -0.777. The largest absolute Gasteiger partial charge is 0.481 e. The van der Waals surface area contributed by atoms with Crippen LogP contribution in [-0.4, -0.2) is 35.1 Å². The fourth-order valence-corrected chi connectivity index (χ4v) is 2.89. The number of amides is 2. The summed E-state index contributed by atoms with van der Waals surface area (Å²) in [5, 5.41) is 12.9. The van der Waals surface area contributed by atoms with Gasteiger partial charge in [-0.3, -0.25) is 4.79 Å². The molecule has 0 saturated carbocycles. The number of carbonyl (C=O) groups is 2. The molecule has 0 bridgehead atoms. The smallest absolute Gasteiger partial charge is 0.317 e. The highest BCUT2D eigenvalue weighted by Gasteiger charge is 2.27. The molecule has 6 heteroatoms. The molecule has 0 spiro atoms. The summed E-state index contributed by atoms with van der Waals surface area (Å²) in [6, 6.07) is 9.21. The van der Waals surface area contributed by atoms with Gasteiger partial charge in [-0.25, -0.2) is 4.79 Å². The Kier molecular flexibility index (Phi) is 4.23. The number of hydrogen-bond donors (Lipinski definition) is 2. The summed E-state index contributed by atoms with van der Waals surface area (Å²) in [6.45, 7) is 2.81. The zero-order chi connectivity index (χ0) is 16.4. The Balaban J connectivity index is 1.60. The van der Waals surface area contributed by atoms with E-state index >= 15 is 0 Å². The van der Waals surface area contributed by atoms with Crippen LogP contribution in [-0.2, 0) is 4.79 Å². The van der Waals surface area contributed by atoms with Crippen molar-refractivity contribution < 1.29 is 19.1 Å². The molecule has 0 radical (unpaired) electrons. The number of carboxylic acid groups (broad SMARTS) is 1. The second kappa shape index (κ2) is 6.32. The van der Waals surface area contributed by atoms with Crippen molar-refractivity contribution in [3.8, 4) is 0 Å². The second-order valence-electron chi connectivity index (χ2n) is 5.96. The van der Waals surface area contributed by atoms with Gasteiger partial charge in [0.1, 0.15) is 11.3 Å². The minimum absolute atomic E-state index is 0.179. The van der Waals surface area contributed by atoms with Crippen LogP contribution in [0.4, 0.5) is 4.79 Å². The van der Waals surface area contributed by atoms with Crippen molar-refractivity contribution in [2.75, 3.05) is 13.1 Å². The Morgan fingerprint density at radius 3 is 2.65 bits per heavy atom. The third kappa shape index (κ3) is 3.31. The molecular formula is C17H20N2O4. The van der Waals surface area contributed by atoms with E-state index in [0.29, 0.717) is 31.7 Å². The lowest BCUT2D eigenvalue weighted by molar-refractivity contribution is -0.143. The number of likely N-dealkylation sites (tertiary alicyclic amines) is 1. The summed E-state index contributed by atoms with van der Waals surface area (Å²) in [5.41, 5.74) is 0.797. The van der Waals surface area contributed by atoms with E-state index in [1.807, 2.05) is 37.3 Å². The van der Waals surface area contributed by atoms with Gasteiger partial charge in [0.2, 0.25) is 0 Å². The lowest BCUT2D eigenvalue weighted by Gasteiger charge is -2.30. The molecule has 2 heterocycles. The highest BCUT2D eigenvalue weighted by Crippen LogP contribution is 2.24. The van der Waals surface area contributed by atoms with E-state index in [1.165, 1.54) is 0 Å². The van der Waals surface area contributed by atoms with Crippen molar-refractivity contribution >= 4 is 23.0 Å². The van der Waals surface area contributed by atoms with Gasteiger partial charge < -0.3 is 19.7 Å². The lowest BCUT2D eigenvalue weighted by atomic mass is 9.97. The van der Waals surface area contributed by atoms with Crippen molar-refractivity contribution in [1.29, 1.82) is 0 Å². The predicted molar refractivity (Wildman–Crippen MR) is 85.1 cm³/mol. The van der Waals surface area contributed by atoms with Gasteiger partial charge in [-0.15, -0.1) is 0 Å². The van der Waals surface area contributed by atoms with Crippen LogP contribution in [0.3, 0.4) is 0 Å². The van der Waals surface area contributed by atoms with Crippen molar-refractivity contribution in [3.63, 3.8) is 0 Å². The number of nitrogens with one attached hydrogen (secondary N) is 1. The van der Waals surface area contributed by atoms with E-state index in [2.05, 4.69) is 5.32 Å². The molecule has 2 amide bonds. The van der Waals surface area contributed by atoms with E-state index in [1.54, 1.807) is 4.90 Å². The van der Waals surface area contributed by atoms with E-state index in [9.17, 15) is 9.59 Å². The molecule has 0 aliphatic carbocycles. The maximum atomic E-state index is 12.3. The molecule has 1 aromatic heterocycles. The number of nitrogens with zero attached hydrogens (tertiary/aromatic N) is 1. The van der Waals surface area contributed by atoms with Gasteiger partial charge in [0, 0.05) is 18.5 Å². The number of fused-ring (bicyclic) bond motifs is 1. The third-order valence-electron chi connectivity index (χ3n) is 4.34. The Bertz CT molecular complexity index is 683. The summed E-state index contributed by atoms with van der Waals surface area (Å²) in [5.74, 6) is -0.410. The number of piperidine rings is 1. The highest BCUT2D eigenvalue weighted by atomic mass is 16.4. The zero-order valence-corrected chi connectivity index (χ0v) is 13.0. The Hall–Kier alpha value is -2.50. The molecule has 1 aliphatic rings. The number of furan rings is 1. The molecule has 1 unspecified atom stereocenters. The first-order valence-electron chi connectivity index (χ1n) is 7.81. The number of benzene rings is 1. The van der Waals surface area contributed by atoms with Gasteiger partial charge in [-0.05, 0) is 31.9 Å². The number of aliphatic carboxylic acids is 1. The van der Waals surface area contributed by atoms with Gasteiger partial charge in [-0.2, -0.15) is 0 Å². The van der Waals surface area contributed by atoms with Crippen molar-refractivity contribution in [3.05, 3.63) is 36.1 Å². The quantitative estimate of drug-likeness (QED) is 0.912. The van der Waals surface area contributed by atoms with Crippen LogP contribution in [0.15, 0.2) is 34.7 Å². The number of hydrogen-bond acceptors (Lipinski definition) is 3. The number of carboxylic acids is 1. The van der Waals surface area contributed by atoms with Crippen LogP contribution in [0, 0.1) is 5.92 Å². The summed E-state index contributed by atoms with van der Waals surface area (Å²) in [7, 11) is 0. The molecule has 1 aromatic carbocycles. The number of rotatable bonds is 3. The minimum Gasteiger partial charge on any atom is -0.481 e. The Labute approximate surface area is 134 Å². The van der Waals surface area contributed by atoms with E-state index < -0.39 is 5.97 Å². The first-order chi connectivity index (χ1) is 11.0. The average molecular weight is 316 g/mol. The van der Waals surface area contributed by atoms with E-state index in [4.69, 9.17) is 9.52 Å². The molecular weight excluding hydrogens is 296 g/mol. The molecule has 2 aromatic rings. The summed E-state index contributed by atoms with van der Waals surface area (Å²) >= 11 is 0. The molecule has 2 N–H and O–H groups in total. The van der Waals surface area contributed by atoms with Crippen LogP contribution in [0.1, 0.15) is 31.6 Å². The van der Waals surface area contributed by atoms with Gasteiger partial charge in [0.15, 0.2) is 0 Å². The predicted octanol–water partition coefficient (Wildman–Crippen LogP) is 3.00. The molecule has 1 saturated heterocycles. The maximum absolute atomic E-state index is 12.3. The van der Waals surface area contributed by atoms with Crippen LogP contribution >= 0.6 is 0 Å². The molecule has 1 aliphatic heterocycles. The van der Waals surface area contributed by atoms with Crippen molar-refractivity contribution in [2.24, 2.45) is 5.92 Å². The van der Waals surface area contributed by atoms with Crippen molar-refractivity contribution in [2.45, 2.75) is 25.8 Å². The fraction of sp³-hybridized carbons (Fsp3) is 0.412. The number of para-hydroxylation sites is 1. The molecule has 1 atom stereocenters. The topological polar surface area (TPSA) is 82.8 Å². The summed E-state index contributed by atoms with van der Waals surface area (Å²) < 4.78 is 5.76. The third-order valence-corrected chi connectivity index (χ3v) is 4.34. The van der Waals surface area contributed by atoms with Crippen LogP contribution < -0.4 is 5.32 Å². The zero-order valence-electron chi connectivity index (χ0n) is 13.0. The molecule has 3 rings (SSSR count). The van der Waals surface area contributed by atoms with Crippen LogP contribution in [0.25, 0.3) is 11.0 Å². The van der Waals surface area contributed by atoms with Crippen LogP contribution in [0.5, 0.6) is 0 Å².